The summed E-state index contributed by atoms with van der Waals surface area (Å²) < 4.78 is 5.05. The molecular formula is C15H23N3O2. The minimum Gasteiger partial charge on any atom is -0.466 e. The lowest BCUT2D eigenvalue weighted by Gasteiger charge is -2.36. The Kier molecular flexibility index (Phi) is 5.35. The molecule has 0 N–H and O–H groups in total. The highest BCUT2D eigenvalue weighted by Crippen LogP contribution is 2.13. The molecule has 0 aliphatic carbocycles. The van der Waals surface area contributed by atoms with Gasteiger partial charge in [-0.05, 0) is 19.1 Å². The Morgan fingerprint density at radius 3 is 2.70 bits per heavy atom. The second-order valence-corrected chi connectivity index (χ2v) is 5.13. The van der Waals surface area contributed by atoms with Gasteiger partial charge < -0.3 is 9.64 Å². The molecule has 1 aromatic heterocycles. The van der Waals surface area contributed by atoms with Crippen LogP contribution in [0.3, 0.4) is 0 Å². The van der Waals surface area contributed by atoms with Crippen molar-refractivity contribution in [1.29, 1.82) is 0 Å². The molecule has 1 saturated heterocycles. The molecular weight excluding hydrogens is 254 g/mol. The average Bonchev–Trinajstić information content (AvgIpc) is 2.49. The Bertz CT molecular complexity index is 416. The van der Waals surface area contributed by atoms with Gasteiger partial charge in [0.15, 0.2) is 0 Å². The summed E-state index contributed by atoms with van der Waals surface area (Å²) in [6.07, 6.45) is 1.82. The molecule has 0 amide bonds. The van der Waals surface area contributed by atoms with E-state index < -0.39 is 0 Å². The number of carbonyl (C=O) groups is 1. The van der Waals surface area contributed by atoms with Crippen molar-refractivity contribution in [3.63, 3.8) is 0 Å². The Morgan fingerprint density at radius 1 is 1.35 bits per heavy atom. The van der Waals surface area contributed by atoms with E-state index in [1.807, 2.05) is 38.2 Å². The summed E-state index contributed by atoms with van der Waals surface area (Å²) in [5.41, 5.74) is 0. The number of rotatable bonds is 5. The van der Waals surface area contributed by atoms with Gasteiger partial charge in [0.25, 0.3) is 0 Å². The molecule has 110 valence electrons. The number of hydrogen-bond acceptors (Lipinski definition) is 5. The molecule has 20 heavy (non-hydrogen) atoms. The van der Waals surface area contributed by atoms with Crippen molar-refractivity contribution < 1.29 is 9.53 Å². The van der Waals surface area contributed by atoms with Gasteiger partial charge in [-0.15, -0.1) is 0 Å². The number of ether oxygens (including phenoxy) is 1. The van der Waals surface area contributed by atoms with Crippen LogP contribution in [0.25, 0.3) is 0 Å². The second-order valence-electron chi connectivity index (χ2n) is 5.13. The fourth-order valence-corrected chi connectivity index (χ4v) is 2.45. The molecule has 0 spiro atoms. The number of nitrogens with zero attached hydrogens (tertiary/aromatic N) is 3. The molecule has 5 heteroatoms. The molecule has 1 atom stereocenters. The highest BCUT2D eigenvalue weighted by Gasteiger charge is 2.22. The van der Waals surface area contributed by atoms with Crippen LogP contribution in [0.5, 0.6) is 0 Å². The van der Waals surface area contributed by atoms with Crippen LogP contribution >= 0.6 is 0 Å². The standard InChI is InChI=1S/C15H23N3O2/c1-3-20-15(19)13(2)12-17-8-10-18(11-9-17)14-6-4-5-7-16-14/h4-7,13H,3,8-12H2,1-2H3. The number of carbonyl (C=O) groups excluding carboxylic acids is 1. The van der Waals surface area contributed by atoms with Gasteiger partial charge in [-0.3, -0.25) is 9.69 Å². The lowest BCUT2D eigenvalue weighted by Crippen LogP contribution is -2.48. The van der Waals surface area contributed by atoms with Gasteiger partial charge in [0, 0.05) is 38.9 Å². The van der Waals surface area contributed by atoms with Gasteiger partial charge in [0.2, 0.25) is 0 Å². The summed E-state index contributed by atoms with van der Waals surface area (Å²) in [6.45, 7) is 8.82. The molecule has 1 fully saturated rings. The van der Waals surface area contributed by atoms with E-state index in [1.54, 1.807) is 0 Å². The molecule has 1 aliphatic heterocycles. The first-order valence-corrected chi connectivity index (χ1v) is 7.25. The zero-order valence-electron chi connectivity index (χ0n) is 12.3. The zero-order valence-corrected chi connectivity index (χ0v) is 12.3. The summed E-state index contributed by atoms with van der Waals surface area (Å²) >= 11 is 0. The maximum Gasteiger partial charge on any atom is 0.309 e. The third-order valence-electron chi connectivity index (χ3n) is 3.57. The van der Waals surface area contributed by atoms with Gasteiger partial charge in [0.1, 0.15) is 5.82 Å². The molecule has 0 bridgehead atoms. The van der Waals surface area contributed by atoms with Crippen LogP contribution in [-0.2, 0) is 9.53 Å². The van der Waals surface area contributed by atoms with E-state index in [4.69, 9.17) is 4.74 Å². The Morgan fingerprint density at radius 2 is 2.10 bits per heavy atom. The SMILES string of the molecule is CCOC(=O)C(C)CN1CCN(c2ccccn2)CC1. The zero-order chi connectivity index (χ0) is 14.4. The fraction of sp³-hybridized carbons (Fsp3) is 0.600. The molecule has 0 aromatic carbocycles. The van der Waals surface area contributed by atoms with E-state index in [1.165, 1.54) is 0 Å². The van der Waals surface area contributed by atoms with Gasteiger partial charge >= 0.3 is 5.97 Å². The van der Waals surface area contributed by atoms with Crippen molar-refractivity contribution in [3.8, 4) is 0 Å². The van der Waals surface area contributed by atoms with Gasteiger partial charge in [-0.2, -0.15) is 0 Å². The molecule has 2 rings (SSSR count). The highest BCUT2D eigenvalue weighted by molar-refractivity contribution is 5.72. The topological polar surface area (TPSA) is 45.7 Å². The number of esters is 1. The predicted molar refractivity (Wildman–Crippen MR) is 78.7 cm³/mol. The molecule has 0 radical (unpaired) electrons. The predicted octanol–water partition coefficient (Wildman–Crippen LogP) is 1.40. The Labute approximate surface area is 120 Å². The highest BCUT2D eigenvalue weighted by atomic mass is 16.5. The van der Waals surface area contributed by atoms with Crippen LogP contribution in [0.1, 0.15) is 13.8 Å². The average molecular weight is 277 g/mol. The van der Waals surface area contributed by atoms with E-state index in [-0.39, 0.29) is 11.9 Å². The van der Waals surface area contributed by atoms with Crippen molar-refractivity contribution >= 4 is 11.8 Å². The van der Waals surface area contributed by atoms with Gasteiger partial charge in [0.05, 0.1) is 12.5 Å². The Hall–Kier alpha value is -1.62. The lowest BCUT2D eigenvalue weighted by atomic mass is 10.1. The van der Waals surface area contributed by atoms with Crippen molar-refractivity contribution in [2.45, 2.75) is 13.8 Å². The quantitative estimate of drug-likeness (QED) is 0.761. The summed E-state index contributed by atoms with van der Waals surface area (Å²) in [6, 6.07) is 5.98. The van der Waals surface area contributed by atoms with Crippen LogP contribution in [0.15, 0.2) is 24.4 Å². The van der Waals surface area contributed by atoms with Crippen LogP contribution in [0.4, 0.5) is 5.82 Å². The van der Waals surface area contributed by atoms with Crippen LogP contribution in [0, 0.1) is 5.92 Å². The lowest BCUT2D eigenvalue weighted by molar-refractivity contribution is -0.148. The first kappa shape index (κ1) is 14.8. The van der Waals surface area contributed by atoms with E-state index >= 15 is 0 Å². The number of anilines is 1. The summed E-state index contributed by atoms with van der Waals surface area (Å²) in [5.74, 6) is 0.876. The molecule has 2 heterocycles. The first-order chi connectivity index (χ1) is 9.70. The van der Waals surface area contributed by atoms with Crippen molar-refractivity contribution in [2.24, 2.45) is 5.92 Å². The largest absolute Gasteiger partial charge is 0.466 e. The van der Waals surface area contributed by atoms with Gasteiger partial charge in [-0.25, -0.2) is 4.98 Å². The first-order valence-electron chi connectivity index (χ1n) is 7.25. The fourth-order valence-electron chi connectivity index (χ4n) is 2.45. The van der Waals surface area contributed by atoms with Crippen molar-refractivity contribution in [2.75, 3.05) is 44.2 Å². The van der Waals surface area contributed by atoms with E-state index in [0.29, 0.717) is 6.61 Å². The van der Waals surface area contributed by atoms with Crippen molar-refractivity contribution in [3.05, 3.63) is 24.4 Å². The minimum atomic E-state index is -0.0975. The third kappa shape index (κ3) is 3.93. The molecule has 5 nitrogen and oxygen atoms in total. The van der Waals surface area contributed by atoms with Crippen LogP contribution in [-0.4, -0.2) is 55.2 Å². The van der Waals surface area contributed by atoms with Crippen LogP contribution in [0.2, 0.25) is 0 Å². The molecule has 1 aromatic rings. The van der Waals surface area contributed by atoms with E-state index in [2.05, 4.69) is 14.8 Å². The molecule has 1 aliphatic rings. The smallest absolute Gasteiger partial charge is 0.309 e. The normalized spacial score (nSPS) is 17.8. The number of piperazine rings is 1. The second kappa shape index (κ2) is 7.24. The van der Waals surface area contributed by atoms with Crippen molar-refractivity contribution in [1.82, 2.24) is 9.88 Å². The number of aromatic nitrogens is 1. The third-order valence-corrected chi connectivity index (χ3v) is 3.57. The minimum absolute atomic E-state index is 0.0589. The number of hydrogen-bond donors (Lipinski definition) is 0. The summed E-state index contributed by atoms with van der Waals surface area (Å²) in [4.78, 5) is 20.6. The maximum absolute atomic E-state index is 11.6. The van der Waals surface area contributed by atoms with Crippen LogP contribution < -0.4 is 4.90 Å². The summed E-state index contributed by atoms with van der Waals surface area (Å²) in [7, 11) is 0. The number of pyridine rings is 1. The monoisotopic (exact) mass is 277 g/mol. The molecule has 0 saturated carbocycles. The van der Waals surface area contributed by atoms with Gasteiger partial charge in [-0.1, -0.05) is 13.0 Å². The Balaban J connectivity index is 1.78. The van der Waals surface area contributed by atoms with E-state index in [0.717, 1.165) is 38.5 Å². The molecule has 1 unspecified atom stereocenters. The maximum atomic E-state index is 11.6. The van der Waals surface area contributed by atoms with E-state index in [9.17, 15) is 4.79 Å². The summed E-state index contributed by atoms with van der Waals surface area (Å²) in [5, 5.41) is 0.